The Labute approximate surface area is 161 Å². The number of nitrogens with two attached hydrogens (primary N) is 1. The van der Waals surface area contributed by atoms with Crippen LogP contribution in [-0.4, -0.2) is 31.6 Å². The van der Waals surface area contributed by atoms with E-state index in [9.17, 15) is 4.79 Å². The van der Waals surface area contributed by atoms with Crippen LogP contribution in [-0.2, 0) is 6.42 Å². The lowest BCUT2D eigenvalue weighted by molar-refractivity contribution is 0.100. The largest absolute Gasteiger partial charge is 0.366 e. The SMILES string of the molecule is NC(=O)c1ccccc1N1CCNCC1CCC1CCCc2ccccc21. The van der Waals surface area contributed by atoms with Crippen LogP contribution in [0.2, 0.25) is 0 Å². The molecule has 2 aromatic rings. The van der Waals surface area contributed by atoms with Crippen molar-refractivity contribution in [3.63, 3.8) is 0 Å². The van der Waals surface area contributed by atoms with E-state index in [0.717, 1.165) is 31.7 Å². The molecule has 2 aliphatic rings. The number of piperazine rings is 1. The fraction of sp³-hybridized carbons (Fsp3) is 0.435. The van der Waals surface area contributed by atoms with Gasteiger partial charge in [-0.2, -0.15) is 0 Å². The van der Waals surface area contributed by atoms with E-state index in [1.165, 1.54) is 31.2 Å². The number of nitrogens with zero attached hydrogens (tertiary/aromatic N) is 1. The normalized spacial score (nSPS) is 22.3. The first-order chi connectivity index (χ1) is 13.2. The molecule has 0 aromatic heterocycles. The van der Waals surface area contributed by atoms with Gasteiger partial charge in [0.2, 0.25) is 0 Å². The predicted molar refractivity (Wildman–Crippen MR) is 110 cm³/mol. The van der Waals surface area contributed by atoms with E-state index < -0.39 is 0 Å². The van der Waals surface area contributed by atoms with Crippen LogP contribution in [0.1, 0.15) is 53.1 Å². The molecule has 0 saturated carbocycles. The summed E-state index contributed by atoms with van der Waals surface area (Å²) in [6.45, 7) is 2.81. The fourth-order valence-electron chi connectivity index (χ4n) is 4.82. The summed E-state index contributed by atoms with van der Waals surface area (Å²) in [4.78, 5) is 14.3. The van der Waals surface area contributed by atoms with Gasteiger partial charge in [-0.1, -0.05) is 36.4 Å². The first-order valence-corrected chi connectivity index (χ1v) is 10.2. The third kappa shape index (κ3) is 3.86. The number of amides is 1. The minimum Gasteiger partial charge on any atom is -0.366 e. The van der Waals surface area contributed by atoms with E-state index in [-0.39, 0.29) is 5.91 Å². The quantitative estimate of drug-likeness (QED) is 0.855. The Kier molecular flexibility index (Phi) is 5.44. The zero-order valence-electron chi connectivity index (χ0n) is 15.9. The zero-order valence-corrected chi connectivity index (χ0v) is 15.9. The number of para-hydroxylation sites is 1. The molecule has 1 heterocycles. The van der Waals surface area contributed by atoms with E-state index in [4.69, 9.17) is 5.73 Å². The van der Waals surface area contributed by atoms with Gasteiger partial charge in [-0.15, -0.1) is 0 Å². The molecule has 3 N–H and O–H groups in total. The minimum absolute atomic E-state index is 0.343. The van der Waals surface area contributed by atoms with Crippen LogP contribution in [0.3, 0.4) is 0 Å². The summed E-state index contributed by atoms with van der Waals surface area (Å²) >= 11 is 0. The van der Waals surface area contributed by atoms with E-state index >= 15 is 0 Å². The second kappa shape index (κ2) is 8.13. The Balaban J connectivity index is 1.51. The molecule has 1 aliphatic heterocycles. The maximum absolute atomic E-state index is 11.9. The minimum atomic E-state index is -0.343. The van der Waals surface area contributed by atoms with E-state index in [1.807, 2.05) is 24.3 Å². The molecule has 142 valence electrons. The number of carbonyl (C=O) groups is 1. The number of nitrogens with one attached hydrogen (secondary N) is 1. The number of aryl methyl sites for hydroxylation is 1. The van der Waals surface area contributed by atoms with Crippen molar-refractivity contribution in [2.45, 2.75) is 44.1 Å². The number of primary amides is 1. The maximum Gasteiger partial charge on any atom is 0.250 e. The fourth-order valence-corrected chi connectivity index (χ4v) is 4.82. The van der Waals surface area contributed by atoms with Crippen molar-refractivity contribution in [1.29, 1.82) is 0 Å². The van der Waals surface area contributed by atoms with Gasteiger partial charge in [0.25, 0.3) is 5.91 Å². The van der Waals surface area contributed by atoms with Crippen molar-refractivity contribution in [3.8, 4) is 0 Å². The average molecular weight is 364 g/mol. The molecule has 0 radical (unpaired) electrons. The maximum atomic E-state index is 11.9. The molecule has 0 bridgehead atoms. The highest BCUT2D eigenvalue weighted by Gasteiger charge is 2.27. The van der Waals surface area contributed by atoms with E-state index in [2.05, 4.69) is 34.5 Å². The molecule has 1 amide bonds. The molecule has 1 aliphatic carbocycles. The van der Waals surface area contributed by atoms with Gasteiger partial charge in [0, 0.05) is 31.4 Å². The topological polar surface area (TPSA) is 58.4 Å². The van der Waals surface area contributed by atoms with Crippen LogP contribution in [0, 0.1) is 0 Å². The molecule has 4 heteroatoms. The van der Waals surface area contributed by atoms with Crippen molar-refractivity contribution in [1.82, 2.24) is 5.32 Å². The van der Waals surface area contributed by atoms with Crippen LogP contribution in [0.15, 0.2) is 48.5 Å². The molecule has 27 heavy (non-hydrogen) atoms. The summed E-state index contributed by atoms with van der Waals surface area (Å²) in [5.41, 5.74) is 10.3. The predicted octanol–water partition coefficient (Wildman–Crippen LogP) is 3.46. The number of anilines is 1. The Bertz CT molecular complexity index is 804. The highest BCUT2D eigenvalue weighted by molar-refractivity contribution is 5.98. The van der Waals surface area contributed by atoms with E-state index in [0.29, 0.717) is 17.5 Å². The Morgan fingerprint density at radius 2 is 1.93 bits per heavy atom. The number of carbonyl (C=O) groups excluding carboxylic acids is 1. The van der Waals surface area contributed by atoms with Gasteiger partial charge in [0.1, 0.15) is 0 Å². The van der Waals surface area contributed by atoms with Crippen molar-refractivity contribution in [2.75, 3.05) is 24.5 Å². The van der Waals surface area contributed by atoms with Gasteiger partial charge in [0.05, 0.1) is 5.56 Å². The van der Waals surface area contributed by atoms with Crippen LogP contribution >= 0.6 is 0 Å². The van der Waals surface area contributed by atoms with Gasteiger partial charge in [-0.3, -0.25) is 4.79 Å². The Morgan fingerprint density at radius 3 is 2.81 bits per heavy atom. The third-order valence-electron chi connectivity index (χ3n) is 6.17. The monoisotopic (exact) mass is 363 g/mol. The van der Waals surface area contributed by atoms with Crippen LogP contribution in [0.5, 0.6) is 0 Å². The Morgan fingerprint density at radius 1 is 1.11 bits per heavy atom. The lowest BCUT2D eigenvalue weighted by Gasteiger charge is -2.39. The second-order valence-corrected chi connectivity index (χ2v) is 7.80. The van der Waals surface area contributed by atoms with Gasteiger partial charge in [0.15, 0.2) is 0 Å². The number of hydrogen-bond donors (Lipinski definition) is 2. The summed E-state index contributed by atoms with van der Waals surface area (Å²) in [6.07, 6.45) is 6.11. The van der Waals surface area contributed by atoms with Crippen LogP contribution < -0.4 is 16.0 Å². The highest BCUT2D eigenvalue weighted by atomic mass is 16.1. The summed E-state index contributed by atoms with van der Waals surface area (Å²) in [6, 6.07) is 17.1. The van der Waals surface area contributed by atoms with Gasteiger partial charge >= 0.3 is 0 Å². The van der Waals surface area contributed by atoms with Crippen molar-refractivity contribution in [2.24, 2.45) is 5.73 Å². The smallest absolute Gasteiger partial charge is 0.250 e. The van der Waals surface area contributed by atoms with E-state index in [1.54, 1.807) is 5.56 Å². The lowest BCUT2D eigenvalue weighted by Crippen LogP contribution is -2.52. The molecule has 2 unspecified atom stereocenters. The molecular formula is C23H29N3O. The molecule has 4 nitrogen and oxygen atoms in total. The molecule has 1 saturated heterocycles. The van der Waals surface area contributed by atoms with Crippen LogP contribution in [0.25, 0.3) is 0 Å². The van der Waals surface area contributed by atoms with Gasteiger partial charge in [-0.05, 0) is 61.3 Å². The third-order valence-corrected chi connectivity index (χ3v) is 6.17. The number of fused-ring (bicyclic) bond motifs is 1. The van der Waals surface area contributed by atoms with Crippen molar-refractivity contribution >= 4 is 11.6 Å². The van der Waals surface area contributed by atoms with Crippen LogP contribution in [0.4, 0.5) is 5.69 Å². The number of rotatable bonds is 5. The lowest BCUT2D eigenvalue weighted by atomic mass is 9.80. The second-order valence-electron chi connectivity index (χ2n) is 7.80. The summed E-state index contributed by atoms with van der Waals surface area (Å²) < 4.78 is 0. The summed E-state index contributed by atoms with van der Waals surface area (Å²) in [5.74, 6) is 0.314. The Hall–Kier alpha value is -2.33. The molecule has 4 rings (SSSR count). The summed E-state index contributed by atoms with van der Waals surface area (Å²) in [5, 5.41) is 3.53. The first-order valence-electron chi connectivity index (χ1n) is 10.2. The highest BCUT2D eigenvalue weighted by Crippen LogP contribution is 2.36. The molecule has 1 fully saturated rings. The molecule has 2 atom stereocenters. The number of hydrogen-bond acceptors (Lipinski definition) is 3. The van der Waals surface area contributed by atoms with Gasteiger partial charge in [-0.25, -0.2) is 0 Å². The zero-order chi connectivity index (χ0) is 18.6. The van der Waals surface area contributed by atoms with Crippen molar-refractivity contribution < 1.29 is 4.79 Å². The average Bonchev–Trinajstić information content (AvgIpc) is 2.72. The summed E-state index contributed by atoms with van der Waals surface area (Å²) in [7, 11) is 0. The molecular weight excluding hydrogens is 334 g/mol. The van der Waals surface area contributed by atoms with Gasteiger partial charge < -0.3 is 16.0 Å². The standard InChI is InChI=1S/C23H29N3O/c24-23(27)21-10-3-4-11-22(21)26-15-14-25-16-19(26)13-12-18-8-5-7-17-6-1-2-9-20(17)18/h1-4,6,9-11,18-19,25H,5,7-8,12-16H2,(H2,24,27). The molecule has 2 aromatic carbocycles. The number of benzene rings is 2. The molecule has 0 spiro atoms. The van der Waals surface area contributed by atoms with Crippen molar-refractivity contribution in [3.05, 3.63) is 65.2 Å². The first kappa shape index (κ1) is 18.1.